The van der Waals surface area contributed by atoms with Gasteiger partial charge in [-0.2, -0.15) is 0 Å². The van der Waals surface area contributed by atoms with Crippen LogP contribution in [0.1, 0.15) is 92.4 Å². The third-order valence-corrected chi connectivity index (χ3v) is 4.70. The topological polar surface area (TPSA) is 26.3 Å². The Morgan fingerprint density at radius 1 is 1.20 bits per heavy atom. The Kier molecular flexibility index (Phi) is 6.54. The molecule has 2 atom stereocenters. The van der Waals surface area contributed by atoms with Gasteiger partial charge in [-0.3, -0.25) is 4.79 Å². The quantitative estimate of drug-likeness (QED) is 0.577. The van der Waals surface area contributed by atoms with Crippen molar-refractivity contribution >= 4 is 5.97 Å². The highest BCUT2D eigenvalue weighted by Crippen LogP contribution is 2.51. The number of esters is 1. The minimum atomic E-state index is -0.355. The van der Waals surface area contributed by atoms with E-state index in [-0.39, 0.29) is 11.6 Å². The van der Waals surface area contributed by atoms with Crippen LogP contribution in [0.15, 0.2) is 0 Å². The summed E-state index contributed by atoms with van der Waals surface area (Å²) in [5, 5.41) is 0. The predicted octanol–water partition coefficient (Wildman–Crippen LogP) is 5.50. The van der Waals surface area contributed by atoms with Gasteiger partial charge >= 0.3 is 5.97 Å². The van der Waals surface area contributed by atoms with Gasteiger partial charge in [0, 0.05) is 6.42 Å². The second kappa shape index (κ2) is 7.47. The Balaban J connectivity index is 2.67. The number of carbonyl (C=O) groups is 1. The lowest BCUT2D eigenvalue weighted by Crippen LogP contribution is -2.31. The maximum Gasteiger partial charge on any atom is 0.306 e. The van der Waals surface area contributed by atoms with Gasteiger partial charge in [0.2, 0.25) is 0 Å². The van der Waals surface area contributed by atoms with Crippen molar-refractivity contribution in [3.8, 4) is 0 Å². The third kappa shape index (κ3) is 5.10. The SMILES string of the molecule is CCCCC1(CCC)CCCC1CC(=O)OC(C)(C)C. The maximum absolute atomic E-state index is 12.2. The first kappa shape index (κ1) is 17.5. The predicted molar refractivity (Wildman–Crippen MR) is 84.7 cm³/mol. The van der Waals surface area contributed by atoms with Crippen molar-refractivity contribution in [1.29, 1.82) is 0 Å². The van der Waals surface area contributed by atoms with Gasteiger partial charge in [-0.05, 0) is 57.8 Å². The fourth-order valence-corrected chi connectivity index (χ4v) is 3.92. The molecule has 1 fully saturated rings. The van der Waals surface area contributed by atoms with E-state index in [0.717, 1.165) is 0 Å². The Bertz CT molecular complexity index is 303. The number of ether oxygens (including phenoxy) is 1. The molecule has 0 radical (unpaired) electrons. The van der Waals surface area contributed by atoms with Crippen molar-refractivity contribution in [2.75, 3.05) is 0 Å². The molecule has 20 heavy (non-hydrogen) atoms. The van der Waals surface area contributed by atoms with Crippen LogP contribution in [0.25, 0.3) is 0 Å². The van der Waals surface area contributed by atoms with Gasteiger partial charge in [0.05, 0.1) is 0 Å². The van der Waals surface area contributed by atoms with Crippen molar-refractivity contribution in [3.63, 3.8) is 0 Å². The average Bonchev–Trinajstić information content (AvgIpc) is 2.68. The molecule has 0 saturated heterocycles. The summed E-state index contributed by atoms with van der Waals surface area (Å²) in [6.45, 7) is 10.4. The first-order valence-corrected chi connectivity index (χ1v) is 8.55. The van der Waals surface area contributed by atoms with Crippen LogP contribution in [0.5, 0.6) is 0 Å². The van der Waals surface area contributed by atoms with Crippen LogP contribution in [0.4, 0.5) is 0 Å². The van der Waals surface area contributed by atoms with Crippen molar-refractivity contribution in [3.05, 3.63) is 0 Å². The largest absolute Gasteiger partial charge is 0.460 e. The molecular formula is C18H34O2. The van der Waals surface area contributed by atoms with E-state index in [9.17, 15) is 4.79 Å². The summed E-state index contributed by atoms with van der Waals surface area (Å²) < 4.78 is 5.54. The standard InChI is InChI=1S/C18H34O2/c1-6-8-12-18(11-7-2)13-9-10-15(18)14-16(19)20-17(3,4)5/h15H,6-14H2,1-5H3. The van der Waals surface area contributed by atoms with Gasteiger partial charge in [-0.25, -0.2) is 0 Å². The second-order valence-electron chi connectivity index (χ2n) is 7.60. The van der Waals surface area contributed by atoms with Crippen LogP contribution < -0.4 is 0 Å². The molecule has 0 aliphatic heterocycles. The lowest BCUT2D eigenvalue weighted by molar-refractivity contribution is -0.157. The van der Waals surface area contributed by atoms with Crippen LogP contribution in [0.3, 0.4) is 0 Å². The third-order valence-electron chi connectivity index (χ3n) is 4.70. The zero-order valence-corrected chi connectivity index (χ0v) is 14.3. The van der Waals surface area contributed by atoms with Crippen molar-refractivity contribution in [1.82, 2.24) is 0 Å². The van der Waals surface area contributed by atoms with Gasteiger partial charge in [-0.1, -0.05) is 39.5 Å². The summed E-state index contributed by atoms with van der Waals surface area (Å²) in [5.74, 6) is 0.547. The molecule has 0 aromatic carbocycles. The fourth-order valence-electron chi connectivity index (χ4n) is 3.92. The number of hydrogen-bond acceptors (Lipinski definition) is 2. The first-order valence-electron chi connectivity index (χ1n) is 8.55. The molecular weight excluding hydrogens is 248 g/mol. The molecule has 1 aliphatic carbocycles. The molecule has 1 saturated carbocycles. The summed E-state index contributed by atoms with van der Waals surface area (Å²) in [5.41, 5.74) is 0.0637. The van der Waals surface area contributed by atoms with Crippen LogP contribution in [0.2, 0.25) is 0 Å². The van der Waals surface area contributed by atoms with Crippen LogP contribution in [-0.4, -0.2) is 11.6 Å². The number of hydrogen-bond donors (Lipinski definition) is 0. The van der Waals surface area contributed by atoms with Crippen molar-refractivity contribution in [2.24, 2.45) is 11.3 Å². The minimum Gasteiger partial charge on any atom is -0.460 e. The van der Waals surface area contributed by atoms with Gasteiger partial charge in [0.25, 0.3) is 0 Å². The molecule has 0 spiro atoms. The monoisotopic (exact) mass is 282 g/mol. The fraction of sp³-hybridized carbons (Fsp3) is 0.944. The summed E-state index contributed by atoms with van der Waals surface area (Å²) in [6, 6.07) is 0. The summed E-state index contributed by atoms with van der Waals surface area (Å²) in [6.07, 6.45) is 10.8. The molecule has 2 nitrogen and oxygen atoms in total. The lowest BCUT2D eigenvalue weighted by Gasteiger charge is -2.36. The molecule has 0 aromatic heterocycles. The minimum absolute atomic E-state index is 0.00127. The highest BCUT2D eigenvalue weighted by Gasteiger charge is 2.42. The molecule has 0 bridgehead atoms. The first-order chi connectivity index (χ1) is 9.33. The van der Waals surface area contributed by atoms with E-state index in [4.69, 9.17) is 4.74 Å². The molecule has 2 unspecified atom stereocenters. The number of carbonyl (C=O) groups excluding carboxylic acids is 1. The van der Waals surface area contributed by atoms with E-state index in [2.05, 4.69) is 13.8 Å². The van der Waals surface area contributed by atoms with Crippen molar-refractivity contribution in [2.45, 2.75) is 98.0 Å². The van der Waals surface area contributed by atoms with Gasteiger partial charge in [-0.15, -0.1) is 0 Å². The van der Waals surface area contributed by atoms with E-state index in [1.54, 1.807) is 0 Å². The van der Waals surface area contributed by atoms with E-state index in [0.29, 0.717) is 17.8 Å². The van der Waals surface area contributed by atoms with Gasteiger partial charge in [0.15, 0.2) is 0 Å². The average molecular weight is 282 g/mol. The molecule has 0 aromatic rings. The van der Waals surface area contributed by atoms with E-state index >= 15 is 0 Å². The Morgan fingerprint density at radius 3 is 2.45 bits per heavy atom. The molecule has 118 valence electrons. The zero-order valence-electron chi connectivity index (χ0n) is 14.3. The highest BCUT2D eigenvalue weighted by atomic mass is 16.6. The second-order valence-corrected chi connectivity index (χ2v) is 7.60. The van der Waals surface area contributed by atoms with Gasteiger partial charge < -0.3 is 4.74 Å². The lowest BCUT2D eigenvalue weighted by atomic mass is 9.70. The molecule has 0 N–H and O–H groups in total. The summed E-state index contributed by atoms with van der Waals surface area (Å²) in [7, 11) is 0. The van der Waals surface area contributed by atoms with Crippen molar-refractivity contribution < 1.29 is 9.53 Å². The highest BCUT2D eigenvalue weighted by molar-refractivity contribution is 5.70. The Labute approximate surface area is 125 Å². The molecule has 0 amide bonds. The number of unbranched alkanes of at least 4 members (excludes halogenated alkanes) is 1. The van der Waals surface area contributed by atoms with E-state index < -0.39 is 0 Å². The molecule has 1 aliphatic rings. The molecule has 0 heterocycles. The van der Waals surface area contributed by atoms with Gasteiger partial charge in [0.1, 0.15) is 5.60 Å². The smallest absolute Gasteiger partial charge is 0.306 e. The van der Waals surface area contributed by atoms with E-state index in [1.807, 2.05) is 20.8 Å². The van der Waals surface area contributed by atoms with Crippen LogP contribution in [0, 0.1) is 11.3 Å². The number of rotatable bonds is 7. The molecule has 2 heteroatoms. The summed E-state index contributed by atoms with van der Waals surface area (Å²) >= 11 is 0. The summed E-state index contributed by atoms with van der Waals surface area (Å²) in [4.78, 5) is 12.2. The normalized spacial score (nSPS) is 26.8. The van der Waals surface area contributed by atoms with Crippen LogP contribution >= 0.6 is 0 Å². The Hall–Kier alpha value is -0.530. The van der Waals surface area contributed by atoms with E-state index in [1.165, 1.54) is 51.4 Å². The van der Waals surface area contributed by atoms with Crippen LogP contribution in [-0.2, 0) is 9.53 Å². The Morgan fingerprint density at radius 2 is 1.90 bits per heavy atom. The molecule has 1 rings (SSSR count). The zero-order chi connectivity index (χ0) is 15.2. The maximum atomic E-state index is 12.2.